The standard InChI is InChI=1S/C22H26N4O3/c1-15(27)26-9-4-7-20(26)22-23-13-17-14-25(10-8-19(17)24-22)21(28)12-16-5-3-6-18(11-16)29-2/h3,5-6,11,13,20H,4,7-10,12,14H2,1-2H3/t20-/m0/s1. The second kappa shape index (κ2) is 8.19. The topological polar surface area (TPSA) is 75.6 Å². The van der Waals surface area contributed by atoms with Crippen molar-refractivity contribution >= 4 is 11.8 Å². The van der Waals surface area contributed by atoms with E-state index in [-0.39, 0.29) is 17.9 Å². The van der Waals surface area contributed by atoms with Gasteiger partial charge in [-0.2, -0.15) is 0 Å². The number of methoxy groups -OCH3 is 1. The summed E-state index contributed by atoms with van der Waals surface area (Å²) < 4.78 is 5.24. The molecule has 0 N–H and O–H groups in total. The maximum absolute atomic E-state index is 12.8. The normalized spacial score (nSPS) is 18.5. The van der Waals surface area contributed by atoms with Crippen molar-refractivity contribution in [3.05, 3.63) is 53.1 Å². The first kappa shape index (κ1) is 19.4. The summed E-state index contributed by atoms with van der Waals surface area (Å²) in [5, 5.41) is 0. The molecule has 0 saturated carbocycles. The van der Waals surface area contributed by atoms with Gasteiger partial charge in [-0.05, 0) is 30.5 Å². The summed E-state index contributed by atoms with van der Waals surface area (Å²) >= 11 is 0. The van der Waals surface area contributed by atoms with Gasteiger partial charge >= 0.3 is 0 Å². The third kappa shape index (κ3) is 4.09. The van der Waals surface area contributed by atoms with Gasteiger partial charge in [0.25, 0.3) is 0 Å². The molecule has 3 heterocycles. The summed E-state index contributed by atoms with van der Waals surface area (Å²) in [7, 11) is 1.62. The van der Waals surface area contributed by atoms with Gasteiger partial charge in [-0.15, -0.1) is 0 Å². The highest BCUT2D eigenvalue weighted by Crippen LogP contribution is 2.30. The van der Waals surface area contributed by atoms with Crippen LogP contribution in [-0.4, -0.2) is 51.8 Å². The molecule has 1 atom stereocenters. The van der Waals surface area contributed by atoms with E-state index in [4.69, 9.17) is 9.72 Å². The molecule has 1 aromatic carbocycles. The summed E-state index contributed by atoms with van der Waals surface area (Å²) in [6.07, 6.45) is 4.78. The van der Waals surface area contributed by atoms with Crippen molar-refractivity contribution in [2.24, 2.45) is 0 Å². The van der Waals surface area contributed by atoms with Crippen LogP contribution in [-0.2, 0) is 29.0 Å². The zero-order valence-corrected chi connectivity index (χ0v) is 16.9. The predicted octanol–water partition coefficient (Wildman–Crippen LogP) is 2.30. The van der Waals surface area contributed by atoms with Crippen LogP contribution >= 0.6 is 0 Å². The van der Waals surface area contributed by atoms with E-state index in [1.807, 2.05) is 40.3 Å². The number of carbonyl (C=O) groups excluding carboxylic acids is 2. The first-order chi connectivity index (χ1) is 14.0. The molecule has 2 aliphatic rings. The number of ether oxygens (including phenoxy) is 1. The molecule has 0 bridgehead atoms. The molecular weight excluding hydrogens is 368 g/mol. The van der Waals surface area contributed by atoms with Crippen LogP contribution in [0.1, 0.15) is 48.5 Å². The number of fused-ring (bicyclic) bond motifs is 1. The lowest BCUT2D eigenvalue weighted by Crippen LogP contribution is -2.38. The Balaban J connectivity index is 1.45. The van der Waals surface area contributed by atoms with Crippen LogP contribution in [0.25, 0.3) is 0 Å². The number of hydrogen-bond donors (Lipinski definition) is 0. The van der Waals surface area contributed by atoms with Crippen LogP contribution < -0.4 is 4.74 Å². The smallest absolute Gasteiger partial charge is 0.227 e. The summed E-state index contributed by atoms with van der Waals surface area (Å²) in [6, 6.07) is 7.59. The highest BCUT2D eigenvalue weighted by Gasteiger charge is 2.31. The molecule has 0 spiro atoms. The number of hydrogen-bond acceptors (Lipinski definition) is 5. The number of likely N-dealkylation sites (tertiary alicyclic amines) is 1. The number of benzene rings is 1. The molecule has 2 aromatic rings. The van der Waals surface area contributed by atoms with Gasteiger partial charge in [-0.25, -0.2) is 9.97 Å². The molecule has 1 saturated heterocycles. The fourth-order valence-electron chi connectivity index (χ4n) is 4.19. The minimum Gasteiger partial charge on any atom is -0.497 e. The lowest BCUT2D eigenvalue weighted by Gasteiger charge is -2.29. The van der Waals surface area contributed by atoms with Gasteiger partial charge in [-0.1, -0.05) is 12.1 Å². The summed E-state index contributed by atoms with van der Waals surface area (Å²) in [5.74, 6) is 1.65. The van der Waals surface area contributed by atoms with Gasteiger partial charge in [0, 0.05) is 44.7 Å². The number of aromatic nitrogens is 2. The lowest BCUT2D eigenvalue weighted by atomic mass is 10.0. The number of carbonyl (C=O) groups is 2. The molecule has 1 aromatic heterocycles. The van der Waals surface area contributed by atoms with Crippen molar-refractivity contribution in [3.63, 3.8) is 0 Å². The highest BCUT2D eigenvalue weighted by atomic mass is 16.5. The molecule has 0 unspecified atom stereocenters. The average Bonchev–Trinajstić information content (AvgIpc) is 3.23. The molecule has 1 fully saturated rings. The molecule has 4 rings (SSSR count). The quantitative estimate of drug-likeness (QED) is 0.795. The Bertz CT molecular complexity index is 930. The minimum atomic E-state index is -0.0227. The van der Waals surface area contributed by atoms with E-state index < -0.39 is 0 Å². The summed E-state index contributed by atoms with van der Waals surface area (Å²) in [5.41, 5.74) is 2.93. The molecule has 29 heavy (non-hydrogen) atoms. The lowest BCUT2D eigenvalue weighted by molar-refractivity contribution is -0.131. The maximum atomic E-state index is 12.8. The van der Waals surface area contributed by atoms with E-state index in [1.165, 1.54) is 0 Å². The Morgan fingerprint density at radius 1 is 1.28 bits per heavy atom. The van der Waals surface area contributed by atoms with Gasteiger partial charge in [-0.3, -0.25) is 9.59 Å². The van der Waals surface area contributed by atoms with Crippen LogP contribution in [0.5, 0.6) is 5.75 Å². The zero-order chi connectivity index (χ0) is 20.4. The minimum absolute atomic E-state index is 0.0227. The van der Waals surface area contributed by atoms with Crippen molar-refractivity contribution in [2.45, 2.75) is 45.2 Å². The third-order valence-electron chi connectivity index (χ3n) is 5.75. The van der Waals surface area contributed by atoms with Crippen LogP contribution in [0.2, 0.25) is 0 Å². The van der Waals surface area contributed by atoms with Crippen LogP contribution in [0.4, 0.5) is 0 Å². The van der Waals surface area contributed by atoms with E-state index >= 15 is 0 Å². The molecular formula is C22H26N4O3. The Hall–Kier alpha value is -2.96. The van der Waals surface area contributed by atoms with Gasteiger partial charge in [0.1, 0.15) is 5.75 Å². The number of amides is 2. The van der Waals surface area contributed by atoms with Gasteiger partial charge < -0.3 is 14.5 Å². The Kier molecular flexibility index (Phi) is 5.47. The Morgan fingerprint density at radius 2 is 2.14 bits per heavy atom. The third-order valence-corrected chi connectivity index (χ3v) is 5.75. The van der Waals surface area contributed by atoms with Crippen molar-refractivity contribution in [3.8, 4) is 5.75 Å². The summed E-state index contributed by atoms with van der Waals surface area (Å²) in [6.45, 7) is 3.54. The SMILES string of the molecule is COc1cccc(CC(=O)N2CCc3nc([C@@H]4CCCN4C(C)=O)ncc3C2)c1. The second-order valence-electron chi connectivity index (χ2n) is 7.66. The molecule has 7 heteroatoms. The first-order valence-electron chi connectivity index (χ1n) is 10.1. The van der Waals surface area contributed by atoms with Crippen molar-refractivity contribution < 1.29 is 14.3 Å². The Labute approximate surface area is 170 Å². The van der Waals surface area contributed by atoms with Crippen molar-refractivity contribution in [1.82, 2.24) is 19.8 Å². The average molecular weight is 394 g/mol. The van der Waals surface area contributed by atoms with E-state index in [0.717, 1.165) is 47.8 Å². The van der Waals surface area contributed by atoms with Crippen LogP contribution in [0.3, 0.4) is 0 Å². The maximum Gasteiger partial charge on any atom is 0.227 e. The fourth-order valence-corrected chi connectivity index (χ4v) is 4.19. The Morgan fingerprint density at radius 3 is 2.93 bits per heavy atom. The fraction of sp³-hybridized carbons (Fsp3) is 0.455. The number of nitrogens with zero attached hydrogens (tertiary/aromatic N) is 4. The van der Waals surface area contributed by atoms with E-state index in [9.17, 15) is 9.59 Å². The van der Waals surface area contributed by atoms with Crippen molar-refractivity contribution in [2.75, 3.05) is 20.2 Å². The molecule has 7 nitrogen and oxygen atoms in total. The summed E-state index contributed by atoms with van der Waals surface area (Å²) in [4.78, 5) is 37.7. The second-order valence-corrected chi connectivity index (χ2v) is 7.66. The van der Waals surface area contributed by atoms with E-state index in [2.05, 4.69) is 4.98 Å². The van der Waals surface area contributed by atoms with Crippen LogP contribution in [0.15, 0.2) is 30.5 Å². The van der Waals surface area contributed by atoms with Gasteiger partial charge in [0.2, 0.25) is 11.8 Å². The predicted molar refractivity (Wildman–Crippen MR) is 107 cm³/mol. The van der Waals surface area contributed by atoms with Crippen molar-refractivity contribution in [1.29, 1.82) is 0 Å². The monoisotopic (exact) mass is 394 g/mol. The molecule has 0 aliphatic carbocycles. The van der Waals surface area contributed by atoms with Gasteiger partial charge in [0.15, 0.2) is 5.82 Å². The van der Waals surface area contributed by atoms with Gasteiger partial charge in [0.05, 0.1) is 25.3 Å². The molecule has 0 radical (unpaired) electrons. The molecule has 152 valence electrons. The molecule has 2 amide bonds. The van der Waals surface area contributed by atoms with E-state index in [0.29, 0.717) is 25.9 Å². The number of rotatable bonds is 4. The zero-order valence-electron chi connectivity index (χ0n) is 16.9. The van der Waals surface area contributed by atoms with Crippen LogP contribution in [0, 0.1) is 0 Å². The molecule has 2 aliphatic heterocycles. The largest absolute Gasteiger partial charge is 0.497 e. The van der Waals surface area contributed by atoms with E-state index in [1.54, 1.807) is 14.0 Å². The highest BCUT2D eigenvalue weighted by molar-refractivity contribution is 5.79. The first-order valence-corrected chi connectivity index (χ1v) is 10.1.